The van der Waals surface area contributed by atoms with Crippen LogP contribution >= 0.6 is 0 Å². The highest BCUT2D eigenvalue weighted by molar-refractivity contribution is 7.91. The van der Waals surface area contributed by atoms with E-state index in [4.69, 9.17) is 4.74 Å². The van der Waals surface area contributed by atoms with Gasteiger partial charge in [-0.15, -0.1) is 0 Å². The molecule has 1 aromatic heterocycles. The third-order valence-electron chi connectivity index (χ3n) is 3.24. The number of nitrogens with zero attached hydrogens (tertiary/aromatic N) is 2. The molecule has 0 radical (unpaired) electrons. The number of halogens is 2. The summed E-state index contributed by atoms with van der Waals surface area (Å²) in [7, 11) is -3.86. The van der Waals surface area contributed by atoms with Crippen molar-refractivity contribution in [3.05, 3.63) is 78.1 Å². The van der Waals surface area contributed by atoms with Gasteiger partial charge in [0, 0.05) is 5.56 Å². The lowest BCUT2D eigenvalue weighted by molar-refractivity contribution is 0.411. The van der Waals surface area contributed by atoms with Crippen molar-refractivity contribution in [2.75, 3.05) is 4.72 Å². The first-order valence-electron chi connectivity index (χ1n) is 7.41. The maximum atomic E-state index is 13.6. The molecule has 0 saturated carbocycles. The van der Waals surface area contributed by atoms with Gasteiger partial charge in [-0.2, -0.15) is 0 Å². The standard InChI is InChI=1S/C17H13F2N3O3S/c18-14-6-2-1-5-12(14)11-26(23,24)22-13-9-20-17(21-10-13)25-16-8-4-3-7-15(16)19/h1-10,22H,11H2. The Labute approximate surface area is 148 Å². The molecule has 6 nitrogen and oxygen atoms in total. The number of benzene rings is 2. The first kappa shape index (κ1) is 17.7. The van der Waals surface area contributed by atoms with E-state index in [-0.39, 0.29) is 23.0 Å². The van der Waals surface area contributed by atoms with E-state index in [1.54, 1.807) is 12.1 Å². The topological polar surface area (TPSA) is 81.2 Å². The highest BCUT2D eigenvalue weighted by Gasteiger charge is 2.15. The summed E-state index contributed by atoms with van der Waals surface area (Å²) in [6.07, 6.45) is 2.34. The molecule has 0 saturated heterocycles. The largest absolute Gasteiger partial charge is 0.421 e. The Balaban J connectivity index is 1.69. The van der Waals surface area contributed by atoms with Crippen LogP contribution in [-0.2, 0) is 15.8 Å². The van der Waals surface area contributed by atoms with E-state index >= 15 is 0 Å². The predicted molar refractivity (Wildman–Crippen MR) is 91.2 cm³/mol. The van der Waals surface area contributed by atoms with Gasteiger partial charge < -0.3 is 4.74 Å². The maximum absolute atomic E-state index is 13.6. The fourth-order valence-corrected chi connectivity index (χ4v) is 3.26. The molecule has 1 N–H and O–H groups in total. The van der Waals surface area contributed by atoms with Crippen molar-refractivity contribution in [2.45, 2.75) is 5.75 Å². The van der Waals surface area contributed by atoms with Crippen molar-refractivity contribution < 1.29 is 21.9 Å². The number of para-hydroxylation sites is 1. The number of nitrogens with one attached hydrogen (secondary N) is 1. The van der Waals surface area contributed by atoms with E-state index in [0.717, 1.165) is 0 Å². The van der Waals surface area contributed by atoms with Crippen molar-refractivity contribution in [3.8, 4) is 11.8 Å². The molecule has 9 heteroatoms. The predicted octanol–water partition coefficient (Wildman–Crippen LogP) is 3.49. The second kappa shape index (κ2) is 7.44. The molecule has 1 heterocycles. The van der Waals surface area contributed by atoms with Crippen LogP contribution in [-0.4, -0.2) is 18.4 Å². The molecule has 0 aliphatic heterocycles. The van der Waals surface area contributed by atoms with Crippen LogP contribution in [0, 0.1) is 11.6 Å². The van der Waals surface area contributed by atoms with Gasteiger partial charge in [0.25, 0.3) is 0 Å². The van der Waals surface area contributed by atoms with Crippen LogP contribution in [0.4, 0.5) is 14.5 Å². The number of hydrogen-bond donors (Lipinski definition) is 1. The molecule has 0 amide bonds. The minimum absolute atomic E-state index is 0.0421. The Hall–Kier alpha value is -3.07. The van der Waals surface area contributed by atoms with Crippen molar-refractivity contribution in [2.24, 2.45) is 0 Å². The van der Waals surface area contributed by atoms with E-state index in [0.29, 0.717) is 0 Å². The molecule has 26 heavy (non-hydrogen) atoms. The molecule has 2 aromatic carbocycles. The number of anilines is 1. The van der Waals surface area contributed by atoms with Crippen molar-refractivity contribution in [3.63, 3.8) is 0 Å². The third-order valence-corrected chi connectivity index (χ3v) is 4.48. The Morgan fingerprint density at radius 2 is 1.54 bits per heavy atom. The molecule has 0 spiro atoms. The smallest absolute Gasteiger partial charge is 0.322 e. The van der Waals surface area contributed by atoms with Crippen LogP contribution < -0.4 is 9.46 Å². The summed E-state index contributed by atoms with van der Waals surface area (Å²) in [6, 6.07) is 11.2. The lowest BCUT2D eigenvalue weighted by atomic mass is 10.2. The normalized spacial score (nSPS) is 11.2. The quantitative estimate of drug-likeness (QED) is 0.711. The van der Waals surface area contributed by atoms with Crippen molar-refractivity contribution >= 4 is 15.7 Å². The van der Waals surface area contributed by atoms with Gasteiger partial charge in [-0.3, -0.25) is 4.72 Å². The van der Waals surface area contributed by atoms with Gasteiger partial charge in [-0.1, -0.05) is 30.3 Å². The average Bonchev–Trinajstić information content (AvgIpc) is 2.60. The highest BCUT2D eigenvalue weighted by Crippen LogP contribution is 2.21. The number of sulfonamides is 1. The molecule has 0 aliphatic carbocycles. The minimum atomic E-state index is -3.86. The monoisotopic (exact) mass is 377 g/mol. The summed E-state index contributed by atoms with van der Waals surface area (Å²) in [5, 5.41) is 0. The van der Waals surface area contributed by atoms with E-state index in [1.807, 2.05) is 0 Å². The van der Waals surface area contributed by atoms with Gasteiger partial charge >= 0.3 is 6.01 Å². The second-order valence-corrected chi connectivity index (χ2v) is 6.96. The zero-order valence-corrected chi connectivity index (χ0v) is 14.1. The minimum Gasteiger partial charge on any atom is -0.421 e. The van der Waals surface area contributed by atoms with Crippen molar-refractivity contribution in [1.29, 1.82) is 0 Å². The zero-order chi connectivity index (χ0) is 18.6. The van der Waals surface area contributed by atoms with Gasteiger partial charge in [0.15, 0.2) is 11.6 Å². The summed E-state index contributed by atoms with van der Waals surface area (Å²) < 4.78 is 58.8. The summed E-state index contributed by atoms with van der Waals surface area (Å²) >= 11 is 0. The fraction of sp³-hybridized carbons (Fsp3) is 0.0588. The van der Waals surface area contributed by atoms with Crippen LogP contribution in [0.15, 0.2) is 60.9 Å². The lowest BCUT2D eigenvalue weighted by Gasteiger charge is -2.09. The second-order valence-electron chi connectivity index (χ2n) is 5.24. The summed E-state index contributed by atoms with van der Waals surface area (Å²) in [5.74, 6) is -1.78. The first-order chi connectivity index (χ1) is 12.4. The Morgan fingerprint density at radius 3 is 2.19 bits per heavy atom. The Bertz CT molecular complexity index is 1010. The van der Waals surface area contributed by atoms with Crippen LogP contribution in [0.3, 0.4) is 0 Å². The van der Waals surface area contributed by atoms with E-state index in [9.17, 15) is 17.2 Å². The fourth-order valence-electron chi connectivity index (χ4n) is 2.08. The first-order valence-corrected chi connectivity index (χ1v) is 9.06. The van der Waals surface area contributed by atoms with Crippen LogP contribution in [0.1, 0.15) is 5.56 Å². The Morgan fingerprint density at radius 1 is 0.923 bits per heavy atom. The van der Waals surface area contributed by atoms with E-state index in [1.165, 1.54) is 48.8 Å². The molecule has 3 rings (SSSR count). The highest BCUT2D eigenvalue weighted by atomic mass is 32.2. The molecule has 3 aromatic rings. The third kappa shape index (κ3) is 4.51. The Kier molecular flexibility index (Phi) is 5.08. The molecule has 0 unspecified atom stereocenters. The summed E-state index contributed by atoms with van der Waals surface area (Å²) in [5.41, 5.74) is 0.114. The van der Waals surface area contributed by atoms with Gasteiger partial charge in [-0.05, 0) is 18.2 Å². The van der Waals surface area contributed by atoms with Crippen LogP contribution in [0.25, 0.3) is 0 Å². The van der Waals surface area contributed by atoms with Gasteiger partial charge in [0.1, 0.15) is 5.82 Å². The van der Waals surface area contributed by atoms with Gasteiger partial charge in [0.2, 0.25) is 10.0 Å². The average molecular weight is 377 g/mol. The number of ether oxygens (including phenoxy) is 1. The molecule has 0 fully saturated rings. The number of rotatable bonds is 6. The molecule has 0 atom stereocenters. The number of aromatic nitrogens is 2. The SMILES string of the molecule is O=S(=O)(Cc1ccccc1F)Nc1cnc(Oc2ccccc2F)nc1. The molecular formula is C17H13F2N3O3S. The van der Waals surface area contributed by atoms with Gasteiger partial charge in [0.05, 0.1) is 23.8 Å². The number of hydrogen-bond acceptors (Lipinski definition) is 5. The van der Waals surface area contributed by atoms with E-state index < -0.39 is 27.4 Å². The molecule has 134 valence electrons. The van der Waals surface area contributed by atoms with Crippen LogP contribution in [0.2, 0.25) is 0 Å². The lowest BCUT2D eigenvalue weighted by Crippen LogP contribution is -2.16. The molecule has 0 bridgehead atoms. The summed E-state index contributed by atoms with van der Waals surface area (Å²) in [4.78, 5) is 7.65. The molecular weight excluding hydrogens is 364 g/mol. The van der Waals surface area contributed by atoms with Gasteiger partial charge in [-0.25, -0.2) is 27.2 Å². The zero-order valence-electron chi connectivity index (χ0n) is 13.3. The van der Waals surface area contributed by atoms with E-state index in [2.05, 4.69) is 14.7 Å². The summed E-state index contributed by atoms with van der Waals surface area (Å²) in [6.45, 7) is 0. The van der Waals surface area contributed by atoms with Crippen LogP contribution in [0.5, 0.6) is 11.8 Å². The maximum Gasteiger partial charge on any atom is 0.322 e. The van der Waals surface area contributed by atoms with Crippen molar-refractivity contribution in [1.82, 2.24) is 9.97 Å². The molecule has 0 aliphatic rings.